The summed E-state index contributed by atoms with van der Waals surface area (Å²) in [6, 6.07) is 1.40. The lowest BCUT2D eigenvalue weighted by Crippen LogP contribution is -2.41. The van der Waals surface area contributed by atoms with E-state index in [0.29, 0.717) is 24.8 Å². The average Bonchev–Trinajstić information content (AvgIpc) is 2.51. The minimum atomic E-state index is -4.14. The molecule has 0 saturated carbocycles. The molecule has 1 fully saturated rings. The predicted octanol–water partition coefficient (Wildman–Crippen LogP) is 2.54. The van der Waals surface area contributed by atoms with Crippen molar-refractivity contribution in [3.8, 4) is 0 Å². The van der Waals surface area contributed by atoms with Gasteiger partial charge in [0.25, 0.3) is 0 Å². The monoisotopic (exact) mass is 372 g/mol. The van der Waals surface area contributed by atoms with Gasteiger partial charge >= 0.3 is 0 Å². The van der Waals surface area contributed by atoms with Crippen LogP contribution in [0.3, 0.4) is 0 Å². The van der Waals surface area contributed by atoms with E-state index in [2.05, 4.69) is 5.32 Å². The molecule has 132 valence electrons. The van der Waals surface area contributed by atoms with Crippen molar-refractivity contribution in [2.75, 3.05) is 26.2 Å². The number of rotatable bonds is 5. The summed E-state index contributed by atoms with van der Waals surface area (Å²) in [6.45, 7) is 4.14. The number of sulfonamides is 1. The fraction of sp³-hybridized carbons (Fsp3) is 0.571. The van der Waals surface area contributed by atoms with E-state index >= 15 is 0 Å². The number of halogens is 4. The lowest BCUT2D eigenvalue weighted by atomic mass is 9.98. The molecular formula is C14H20ClF3N2O2S. The van der Waals surface area contributed by atoms with Crippen molar-refractivity contribution in [3.05, 3.63) is 29.6 Å². The molecule has 0 radical (unpaired) electrons. The Morgan fingerprint density at radius 2 is 1.78 bits per heavy atom. The molecule has 0 atom stereocenters. The molecule has 1 saturated heterocycles. The van der Waals surface area contributed by atoms with Crippen LogP contribution in [0.1, 0.15) is 19.8 Å². The first kappa shape index (κ1) is 20.2. The van der Waals surface area contributed by atoms with Crippen LogP contribution in [0.2, 0.25) is 0 Å². The third-order valence-electron chi connectivity index (χ3n) is 3.87. The van der Waals surface area contributed by atoms with Gasteiger partial charge in [-0.05, 0) is 44.0 Å². The van der Waals surface area contributed by atoms with Gasteiger partial charge in [-0.1, -0.05) is 6.92 Å². The first-order chi connectivity index (χ1) is 10.4. The zero-order valence-electron chi connectivity index (χ0n) is 12.7. The lowest BCUT2D eigenvalue weighted by molar-refractivity contribution is 0.267. The zero-order valence-corrected chi connectivity index (χ0v) is 14.3. The van der Waals surface area contributed by atoms with Crippen LogP contribution in [0, 0.1) is 23.4 Å². The maximum Gasteiger partial charge on any atom is 0.246 e. The van der Waals surface area contributed by atoms with Gasteiger partial charge in [0.15, 0.2) is 17.5 Å². The molecule has 1 heterocycles. The van der Waals surface area contributed by atoms with Gasteiger partial charge in [-0.2, -0.15) is 4.31 Å². The molecule has 1 aromatic rings. The van der Waals surface area contributed by atoms with E-state index in [1.54, 1.807) is 0 Å². The van der Waals surface area contributed by atoms with Crippen molar-refractivity contribution in [2.24, 2.45) is 5.92 Å². The van der Waals surface area contributed by atoms with Crippen molar-refractivity contribution in [1.82, 2.24) is 9.62 Å². The Balaban J connectivity index is 0.00000264. The van der Waals surface area contributed by atoms with Gasteiger partial charge in [-0.25, -0.2) is 21.6 Å². The molecule has 23 heavy (non-hydrogen) atoms. The SMILES string of the molecule is CCNCC1CCN(S(=O)(=O)c2ccc(F)c(F)c2F)CC1.Cl. The minimum Gasteiger partial charge on any atom is -0.317 e. The summed E-state index contributed by atoms with van der Waals surface area (Å²) in [5.74, 6) is -4.46. The summed E-state index contributed by atoms with van der Waals surface area (Å²) in [4.78, 5) is -0.809. The maximum absolute atomic E-state index is 13.7. The Kier molecular flexibility index (Phi) is 7.31. The van der Waals surface area contributed by atoms with Gasteiger partial charge < -0.3 is 5.32 Å². The third kappa shape index (κ3) is 4.37. The number of nitrogens with one attached hydrogen (secondary N) is 1. The topological polar surface area (TPSA) is 49.4 Å². The predicted molar refractivity (Wildman–Crippen MR) is 83.6 cm³/mol. The summed E-state index contributed by atoms with van der Waals surface area (Å²) in [5, 5.41) is 3.21. The molecule has 0 bridgehead atoms. The number of piperidine rings is 1. The van der Waals surface area contributed by atoms with E-state index in [1.807, 2.05) is 6.92 Å². The van der Waals surface area contributed by atoms with Crippen molar-refractivity contribution in [1.29, 1.82) is 0 Å². The van der Waals surface area contributed by atoms with Gasteiger partial charge in [0.05, 0.1) is 0 Å². The average molecular weight is 373 g/mol. The fourth-order valence-corrected chi connectivity index (χ4v) is 4.07. The van der Waals surface area contributed by atoms with Crippen LogP contribution in [0.15, 0.2) is 17.0 Å². The second kappa shape index (κ2) is 8.32. The molecule has 0 unspecified atom stereocenters. The third-order valence-corrected chi connectivity index (χ3v) is 5.79. The summed E-state index contributed by atoms with van der Waals surface area (Å²) >= 11 is 0. The molecule has 0 amide bonds. The van der Waals surface area contributed by atoms with E-state index in [-0.39, 0.29) is 25.5 Å². The highest BCUT2D eigenvalue weighted by Crippen LogP contribution is 2.26. The van der Waals surface area contributed by atoms with Crippen LogP contribution in [0.25, 0.3) is 0 Å². The smallest absolute Gasteiger partial charge is 0.246 e. The molecule has 1 aliphatic rings. The summed E-state index contributed by atoms with van der Waals surface area (Å²) in [5.41, 5.74) is 0. The largest absolute Gasteiger partial charge is 0.317 e. The molecule has 1 aromatic carbocycles. The van der Waals surface area contributed by atoms with E-state index in [0.717, 1.165) is 23.5 Å². The van der Waals surface area contributed by atoms with Crippen LogP contribution >= 0.6 is 12.4 Å². The molecule has 0 aliphatic carbocycles. The van der Waals surface area contributed by atoms with Crippen LogP contribution in [0.4, 0.5) is 13.2 Å². The Labute approximate surface area is 140 Å². The number of hydrogen-bond acceptors (Lipinski definition) is 3. The molecule has 0 spiro atoms. The van der Waals surface area contributed by atoms with E-state index in [9.17, 15) is 21.6 Å². The van der Waals surface area contributed by atoms with Crippen molar-refractivity contribution in [2.45, 2.75) is 24.7 Å². The highest BCUT2D eigenvalue weighted by atomic mass is 35.5. The number of nitrogens with zero attached hydrogens (tertiary/aromatic N) is 1. The standard InChI is InChI=1S/C14H19F3N2O2S.ClH/c1-2-18-9-10-5-7-19(8-6-10)22(20,21)12-4-3-11(15)13(16)14(12)17;/h3-4,10,18H,2,5-9H2,1H3;1H. The Hall–Kier alpha value is -0.830. The summed E-state index contributed by atoms with van der Waals surface area (Å²) in [7, 11) is -4.14. The van der Waals surface area contributed by atoms with Gasteiger partial charge in [0, 0.05) is 13.1 Å². The molecule has 9 heteroatoms. The first-order valence-corrected chi connectivity index (χ1v) is 8.66. The van der Waals surface area contributed by atoms with Crippen molar-refractivity contribution < 1.29 is 21.6 Å². The van der Waals surface area contributed by atoms with Gasteiger partial charge in [-0.15, -0.1) is 12.4 Å². The molecule has 1 aliphatic heterocycles. The van der Waals surface area contributed by atoms with Crippen molar-refractivity contribution in [3.63, 3.8) is 0 Å². The number of benzene rings is 1. The van der Waals surface area contributed by atoms with Gasteiger partial charge in [-0.3, -0.25) is 0 Å². The highest BCUT2D eigenvalue weighted by molar-refractivity contribution is 7.89. The van der Waals surface area contributed by atoms with E-state index in [1.165, 1.54) is 0 Å². The quantitative estimate of drug-likeness (QED) is 0.808. The second-order valence-corrected chi connectivity index (χ2v) is 7.23. The fourth-order valence-electron chi connectivity index (χ4n) is 2.55. The zero-order chi connectivity index (χ0) is 16.3. The molecular weight excluding hydrogens is 353 g/mol. The highest BCUT2D eigenvalue weighted by Gasteiger charge is 2.32. The maximum atomic E-state index is 13.7. The summed E-state index contributed by atoms with van der Waals surface area (Å²) < 4.78 is 65.8. The minimum absolute atomic E-state index is 0. The normalized spacial score (nSPS) is 17.0. The van der Waals surface area contributed by atoms with Crippen LogP contribution < -0.4 is 5.32 Å². The van der Waals surface area contributed by atoms with Crippen LogP contribution in [-0.2, 0) is 10.0 Å². The number of hydrogen-bond donors (Lipinski definition) is 1. The molecule has 0 aromatic heterocycles. The molecule has 2 rings (SSSR count). The second-order valence-electron chi connectivity index (χ2n) is 5.33. The Bertz CT molecular complexity index is 635. The lowest BCUT2D eigenvalue weighted by Gasteiger charge is -2.31. The molecule has 4 nitrogen and oxygen atoms in total. The van der Waals surface area contributed by atoms with Gasteiger partial charge in [0.2, 0.25) is 10.0 Å². The van der Waals surface area contributed by atoms with E-state index < -0.39 is 32.4 Å². The first-order valence-electron chi connectivity index (χ1n) is 7.22. The Morgan fingerprint density at radius 1 is 1.17 bits per heavy atom. The van der Waals surface area contributed by atoms with Gasteiger partial charge in [0.1, 0.15) is 4.90 Å². The summed E-state index contributed by atoms with van der Waals surface area (Å²) in [6.07, 6.45) is 1.30. The van der Waals surface area contributed by atoms with Crippen molar-refractivity contribution >= 4 is 22.4 Å². The Morgan fingerprint density at radius 3 is 2.35 bits per heavy atom. The van der Waals surface area contributed by atoms with Crippen LogP contribution in [-0.4, -0.2) is 38.9 Å². The van der Waals surface area contributed by atoms with Crippen LogP contribution in [0.5, 0.6) is 0 Å². The molecule has 1 N–H and O–H groups in total. The van der Waals surface area contributed by atoms with E-state index in [4.69, 9.17) is 0 Å².